The number of carbonyl (C=O) groups excluding carboxylic acids is 1. The van der Waals surface area contributed by atoms with E-state index in [1.165, 1.54) is 16.4 Å². The quantitative estimate of drug-likeness (QED) is 0.831. The number of hydrogen-bond donors (Lipinski definition) is 2. The number of aromatic nitrogens is 2. The highest BCUT2D eigenvalue weighted by molar-refractivity contribution is 7.89. The number of rotatable bonds is 5. The van der Waals surface area contributed by atoms with E-state index in [1.807, 2.05) is 6.92 Å². The lowest BCUT2D eigenvalue weighted by Gasteiger charge is -2.26. The molecule has 1 fully saturated rings. The van der Waals surface area contributed by atoms with Gasteiger partial charge in [0.1, 0.15) is 0 Å². The number of aryl methyl sites for hydroxylation is 1. The van der Waals surface area contributed by atoms with Crippen LogP contribution in [0.2, 0.25) is 0 Å². The number of aromatic amines is 1. The maximum atomic E-state index is 13.0. The predicted octanol–water partition coefficient (Wildman–Crippen LogP) is 1.61. The van der Waals surface area contributed by atoms with Gasteiger partial charge in [-0.05, 0) is 43.5 Å². The molecular formula is C18H22N4O3S. The number of benzene rings is 1. The number of carbonyl (C=O) groups is 1. The molecule has 26 heavy (non-hydrogen) atoms. The first-order valence-electron chi connectivity index (χ1n) is 8.95. The topological polar surface area (TPSA) is 95.2 Å². The first kappa shape index (κ1) is 17.2. The number of nitrogens with zero attached hydrogens (tertiary/aromatic N) is 2. The SMILES string of the molecule is CCc1n[nH]c2c1CN(S(=O)(=O)c1ccc(C(=O)NC3CC3)cc1)CC2. The Morgan fingerprint density at radius 3 is 2.69 bits per heavy atom. The largest absolute Gasteiger partial charge is 0.349 e. The van der Waals surface area contributed by atoms with Gasteiger partial charge in [0.15, 0.2) is 0 Å². The second-order valence-corrected chi connectivity index (χ2v) is 8.78. The van der Waals surface area contributed by atoms with Crippen molar-refractivity contribution in [2.75, 3.05) is 6.54 Å². The van der Waals surface area contributed by atoms with E-state index >= 15 is 0 Å². The third-order valence-electron chi connectivity index (χ3n) is 4.99. The van der Waals surface area contributed by atoms with E-state index in [4.69, 9.17) is 0 Å². The summed E-state index contributed by atoms with van der Waals surface area (Å²) in [6.07, 6.45) is 3.43. The Kier molecular flexibility index (Phi) is 4.32. The number of fused-ring (bicyclic) bond motifs is 1. The van der Waals surface area contributed by atoms with Crippen molar-refractivity contribution < 1.29 is 13.2 Å². The molecular weight excluding hydrogens is 352 g/mol. The normalized spacial score (nSPS) is 17.7. The molecule has 138 valence electrons. The minimum atomic E-state index is -3.60. The van der Waals surface area contributed by atoms with Gasteiger partial charge in [0.25, 0.3) is 5.91 Å². The van der Waals surface area contributed by atoms with Crippen LogP contribution in [-0.4, -0.2) is 41.4 Å². The molecule has 1 amide bonds. The first-order chi connectivity index (χ1) is 12.5. The van der Waals surface area contributed by atoms with Crippen molar-refractivity contribution in [3.63, 3.8) is 0 Å². The van der Waals surface area contributed by atoms with Crippen molar-refractivity contribution in [3.05, 3.63) is 46.8 Å². The van der Waals surface area contributed by atoms with Gasteiger partial charge in [-0.1, -0.05) is 6.92 Å². The zero-order chi connectivity index (χ0) is 18.3. The molecule has 2 aromatic rings. The van der Waals surface area contributed by atoms with Gasteiger partial charge in [-0.15, -0.1) is 0 Å². The molecule has 1 saturated carbocycles. The highest BCUT2D eigenvalue weighted by atomic mass is 32.2. The van der Waals surface area contributed by atoms with E-state index in [0.717, 1.165) is 36.2 Å². The van der Waals surface area contributed by atoms with Crippen LogP contribution in [-0.2, 0) is 29.4 Å². The number of sulfonamides is 1. The molecule has 0 unspecified atom stereocenters. The molecule has 0 saturated heterocycles. The summed E-state index contributed by atoms with van der Waals surface area (Å²) in [5.74, 6) is -0.148. The summed E-state index contributed by atoms with van der Waals surface area (Å²) in [6, 6.07) is 6.46. The summed E-state index contributed by atoms with van der Waals surface area (Å²) < 4.78 is 27.5. The molecule has 0 atom stereocenters. The fourth-order valence-corrected chi connectivity index (χ4v) is 4.66. The fourth-order valence-electron chi connectivity index (χ4n) is 3.25. The number of nitrogens with one attached hydrogen (secondary N) is 2. The summed E-state index contributed by atoms with van der Waals surface area (Å²) in [5, 5.41) is 10.2. The van der Waals surface area contributed by atoms with Crippen LogP contribution >= 0.6 is 0 Å². The van der Waals surface area contributed by atoms with E-state index in [9.17, 15) is 13.2 Å². The van der Waals surface area contributed by atoms with Gasteiger partial charge in [0, 0.05) is 42.4 Å². The molecule has 1 aliphatic carbocycles. The Hall–Kier alpha value is -2.19. The van der Waals surface area contributed by atoms with Crippen LogP contribution in [0.1, 0.15) is 47.1 Å². The first-order valence-corrected chi connectivity index (χ1v) is 10.4. The van der Waals surface area contributed by atoms with E-state index in [2.05, 4.69) is 15.5 Å². The van der Waals surface area contributed by atoms with Crippen molar-refractivity contribution in [1.82, 2.24) is 19.8 Å². The molecule has 2 N–H and O–H groups in total. The summed E-state index contributed by atoms with van der Waals surface area (Å²) in [4.78, 5) is 12.3. The van der Waals surface area contributed by atoms with E-state index in [1.54, 1.807) is 12.1 Å². The Balaban J connectivity index is 1.53. The highest BCUT2D eigenvalue weighted by Crippen LogP contribution is 2.26. The highest BCUT2D eigenvalue weighted by Gasteiger charge is 2.31. The second-order valence-electron chi connectivity index (χ2n) is 6.84. The molecule has 8 heteroatoms. The summed E-state index contributed by atoms with van der Waals surface area (Å²) >= 11 is 0. The maximum absolute atomic E-state index is 13.0. The minimum Gasteiger partial charge on any atom is -0.349 e. The average Bonchev–Trinajstić information content (AvgIpc) is 3.37. The lowest BCUT2D eigenvalue weighted by atomic mass is 10.1. The molecule has 1 aliphatic heterocycles. The Morgan fingerprint density at radius 1 is 1.31 bits per heavy atom. The van der Waals surface area contributed by atoms with Gasteiger partial charge in [-0.2, -0.15) is 9.40 Å². The van der Waals surface area contributed by atoms with Crippen LogP contribution in [0.5, 0.6) is 0 Å². The Morgan fingerprint density at radius 2 is 2.04 bits per heavy atom. The van der Waals surface area contributed by atoms with Crippen molar-refractivity contribution in [2.24, 2.45) is 0 Å². The van der Waals surface area contributed by atoms with Crippen LogP contribution in [0.15, 0.2) is 29.2 Å². The van der Waals surface area contributed by atoms with Crippen LogP contribution in [0.3, 0.4) is 0 Å². The van der Waals surface area contributed by atoms with Gasteiger partial charge >= 0.3 is 0 Å². The van der Waals surface area contributed by atoms with E-state index in [-0.39, 0.29) is 16.8 Å². The van der Waals surface area contributed by atoms with Gasteiger partial charge in [0.2, 0.25) is 10.0 Å². The third-order valence-corrected chi connectivity index (χ3v) is 6.85. The molecule has 7 nitrogen and oxygen atoms in total. The van der Waals surface area contributed by atoms with Crippen molar-refractivity contribution in [2.45, 2.75) is 50.1 Å². The van der Waals surface area contributed by atoms with E-state index in [0.29, 0.717) is 25.1 Å². The van der Waals surface area contributed by atoms with Gasteiger partial charge in [0.05, 0.1) is 10.6 Å². The fraction of sp³-hybridized carbons (Fsp3) is 0.444. The van der Waals surface area contributed by atoms with Gasteiger partial charge in [-0.3, -0.25) is 9.89 Å². The molecule has 1 aromatic heterocycles. The predicted molar refractivity (Wildman–Crippen MR) is 96.2 cm³/mol. The average molecular weight is 374 g/mol. The lowest BCUT2D eigenvalue weighted by Crippen LogP contribution is -2.36. The maximum Gasteiger partial charge on any atom is 0.251 e. The van der Waals surface area contributed by atoms with Crippen LogP contribution < -0.4 is 5.32 Å². The lowest BCUT2D eigenvalue weighted by molar-refractivity contribution is 0.0951. The molecule has 2 aliphatic rings. The summed E-state index contributed by atoms with van der Waals surface area (Å²) in [7, 11) is -3.60. The smallest absolute Gasteiger partial charge is 0.251 e. The number of amides is 1. The monoisotopic (exact) mass is 374 g/mol. The number of hydrogen-bond acceptors (Lipinski definition) is 4. The summed E-state index contributed by atoms with van der Waals surface area (Å²) in [6.45, 7) is 2.77. The molecule has 2 heterocycles. The standard InChI is InChI=1S/C18H22N4O3S/c1-2-16-15-11-22(10-9-17(15)21-20-16)26(24,25)14-7-3-12(4-8-14)18(23)19-13-5-6-13/h3-4,7-8,13H,2,5-6,9-11H2,1H3,(H,19,23)(H,20,21). The van der Waals surface area contributed by atoms with Crippen molar-refractivity contribution >= 4 is 15.9 Å². The molecule has 0 bridgehead atoms. The van der Waals surface area contributed by atoms with Crippen molar-refractivity contribution in [3.8, 4) is 0 Å². The van der Waals surface area contributed by atoms with Crippen LogP contribution in [0.25, 0.3) is 0 Å². The number of H-pyrrole nitrogens is 1. The molecule has 0 radical (unpaired) electrons. The van der Waals surface area contributed by atoms with Crippen LogP contribution in [0, 0.1) is 0 Å². The van der Waals surface area contributed by atoms with Gasteiger partial charge < -0.3 is 5.32 Å². The molecule has 0 spiro atoms. The summed E-state index contributed by atoms with van der Waals surface area (Å²) in [5.41, 5.74) is 3.43. The second kappa shape index (κ2) is 6.51. The van der Waals surface area contributed by atoms with Crippen molar-refractivity contribution in [1.29, 1.82) is 0 Å². The minimum absolute atomic E-state index is 0.148. The molecule has 1 aromatic carbocycles. The Bertz CT molecular complexity index is 916. The third kappa shape index (κ3) is 3.14. The molecule has 4 rings (SSSR count). The van der Waals surface area contributed by atoms with E-state index < -0.39 is 10.0 Å². The Labute approximate surface area is 152 Å². The zero-order valence-corrected chi connectivity index (χ0v) is 15.5. The van der Waals surface area contributed by atoms with Gasteiger partial charge in [-0.25, -0.2) is 8.42 Å². The zero-order valence-electron chi connectivity index (χ0n) is 14.7. The van der Waals surface area contributed by atoms with Crippen LogP contribution in [0.4, 0.5) is 0 Å².